The van der Waals surface area contributed by atoms with Crippen LogP contribution in [0.4, 0.5) is 0 Å². The summed E-state index contributed by atoms with van der Waals surface area (Å²) in [4.78, 5) is 2.43. The lowest BCUT2D eigenvalue weighted by molar-refractivity contribution is -0.0576. The van der Waals surface area contributed by atoms with E-state index < -0.39 is 0 Å². The van der Waals surface area contributed by atoms with Gasteiger partial charge in [-0.15, -0.1) is 6.58 Å². The van der Waals surface area contributed by atoms with E-state index in [9.17, 15) is 0 Å². The third-order valence-electron chi connectivity index (χ3n) is 3.23. The molecule has 1 heterocycles. The van der Waals surface area contributed by atoms with Crippen molar-refractivity contribution in [3.05, 3.63) is 12.7 Å². The largest absolute Gasteiger partial charge is 0.378 e. The Morgan fingerprint density at radius 2 is 2.08 bits per heavy atom. The minimum atomic E-state index is 0.164. The number of likely N-dealkylation sites (tertiary alicyclic amines) is 1. The third-order valence-corrected chi connectivity index (χ3v) is 3.23. The summed E-state index contributed by atoms with van der Waals surface area (Å²) in [7, 11) is 1.84. The standard InChI is InChI=1S/C11H21NO/c1-4-8-12-9-6-11(5-2,13-3)7-10-12/h4H,1,5-10H2,2-3H3. The quantitative estimate of drug-likeness (QED) is 0.619. The minimum Gasteiger partial charge on any atom is -0.378 e. The Bertz CT molecular complexity index is 153. The van der Waals surface area contributed by atoms with Crippen LogP contribution < -0.4 is 0 Å². The molecule has 1 fully saturated rings. The molecule has 1 saturated heterocycles. The highest BCUT2D eigenvalue weighted by Gasteiger charge is 2.32. The summed E-state index contributed by atoms with van der Waals surface area (Å²) in [6, 6.07) is 0. The SMILES string of the molecule is C=CCN1CCC(CC)(OC)CC1. The van der Waals surface area contributed by atoms with Gasteiger partial charge in [0.15, 0.2) is 0 Å². The molecular formula is C11H21NO. The first-order chi connectivity index (χ1) is 6.26. The number of piperidine rings is 1. The molecule has 0 unspecified atom stereocenters. The molecule has 1 aliphatic rings. The van der Waals surface area contributed by atoms with E-state index in [1.165, 1.54) is 0 Å². The zero-order valence-corrected chi connectivity index (χ0v) is 8.88. The van der Waals surface area contributed by atoms with Crippen LogP contribution in [-0.2, 0) is 4.74 Å². The van der Waals surface area contributed by atoms with Crippen LogP contribution in [-0.4, -0.2) is 37.2 Å². The average Bonchev–Trinajstić information content (AvgIpc) is 2.20. The second-order valence-electron chi connectivity index (χ2n) is 3.83. The summed E-state index contributed by atoms with van der Waals surface area (Å²) in [5.41, 5.74) is 0.164. The maximum atomic E-state index is 5.60. The molecule has 0 atom stereocenters. The van der Waals surface area contributed by atoms with Crippen LogP contribution in [0.3, 0.4) is 0 Å². The summed E-state index contributed by atoms with van der Waals surface area (Å²) in [6.45, 7) is 9.28. The molecule has 2 heteroatoms. The van der Waals surface area contributed by atoms with Gasteiger partial charge in [0, 0.05) is 26.7 Å². The van der Waals surface area contributed by atoms with E-state index in [0.29, 0.717) is 0 Å². The number of methoxy groups -OCH3 is 1. The molecule has 0 bridgehead atoms. The summed E-state index contributed by atoms with van der Waals surface area (Å²) >= 11 is 0. The molecule has 0 radical (unpaired) electrons. The molecule has 0 aromatic carbocycles. The van der Waals surface area contributed by atoms with Crippen molar-refractivity contribution in [2.24, 2.45) is 0 Å². The Morgan fingerprint density at radius 3 is 2.46 bits per heavy atom. The lowest BCUT2D eigenvalue weighted by Gasteiger charge is -2.40. The minimum absolute atomic E-state index is 0.164. The fraction of sp³-hybridized carbons (Fsp3) is 0.818. The highest BCUT2D eigenvalue weighted by Crippen LogP contribution is 2.28. The van der Waals surface area contributed by atoms with E-state index in [1.54, 1.807) is 0 Å². The van der Waals surface area contributed by atoms with Gasteiger partial charge >= 0.3 is 0 Å². The summed E-state index contributed by atoms with van der Waals surface area (Å²) < 4.78 is 5.60. The topological polar surface area (TPSA) is 12.5 Å². The Morgan fingerprint density at radius 1 is 1.46 bits per heavy atom. The highest BCUT2D eigenvalue weighted by molar-refractivity contribution is 4.88. The van der Waals surface area contributed by atoms with Crippen LogP contribution in [0.2, 0.25) is 0 Å². The molecule has 76 valence electrons. The van der Waals surface area contributed by atoms with Gasteiger partial charge in [-0.3, -0.25) is 4.90 Å². The van der Waals surface area contributed by atoms with Gasteiger partial charge in [0.1, 0.15) is 0 Å². The van der Waals surface area contributed by atoms with E-state index in [0.717, 1.165) is 38.9 Å². The van der Waals surface area contributed by atoms with Crippen LogP contribution in [0.5, 0.6) is 0 Å². The second-order valence-corrected chi connectivity index (χ2v) is 3.83. The van der Waals surface area contributed by atoms with Crippen LogP contribution in [0.1, 0.15) is 26.2 Å². The third kappa shape index (κ3) is 2.55. The number of nitrogens with zero attached hydrogens (tertiary/aromatic N) is 1. The number of hydrogen-bond donors (Lipinski definition) is 0. The molecule has 0 aliphatic carbocycles. The van der Waals surface area contributed by atoms with E-state index >= 15 is 0 Å². The molecular weight excluding hydrogens is 162 g/mol. The maximum absolute atomic E-state index is 5.60. The van der Waals surface area contributed by atoms with Gasteiger partial charge in [-0.2, -0.15) is 0 Å². The van der Waals surface area contributed by atoms with Crippen molar-refractivity contribution in [2.45, 2.75) is 31.8 Å². The zero-order valence-electron chi connectivity index (χ0n) is 8.88. The molecule has 2 nitrogen and oxygen atoms in total. The normalized spacial score (nSPS) is 22.9. The monoisotopic (exact) mass is 183 g/mol. The van der Waals surface area contributed by atoms with Crippen LogP contribution in [0.15, 0.2) is 12.7 Å². The Balaban J connectivity index is 2.40. The van der Waals surface area contributed by atoms with Gasteiger partial charge in [-0.25, -0.2) is 0 Å². The smallest absolute Gasteiger partial charge is 0.0700 e. The van der Waals surface area contributed by atoms with Gasteiger partial charge < -0.3 is 4.74 Å². The number of ether oxygens (including phenoxy) is 1. The first-order valence-electron chi connectivity index (χ1n) is 5.15. The van der Waals surface area contributed by atoms with E-state index in [-0.39, 0.29) is 5.60 Å². The molecule has 0 spiro atoms. The van der Waals surface area contributed by atoms with Crippen molar-refractivity contribution in [2.75, 3.05) is 26.7 Å². The lowest BCUT2D eigenvalue weighted by atomic mass is 9.88. The fourth-order valence-electron chi connectivity index (χ4n) is 2.03. The van der Waals surface area contributed by atoms with Crippen LogP contribution in [0.25, 0.3) is 0 Å². The van der Waals surface area contributed by atoms with Crippen molar-refractivity contribution >= 4 is 0 Å². The molecule has 0 aromatic heterocycles. The van der Waals surface area contributed by atoms with Gasteiger partial charge in [0.05, 0.1) is 5.60 Å². The number of hydrogen-bond acceptors (Lipinski definition) is 2. The Kier molecular flexibility index (Phi) is 3.94. The van der Waals surface area contributed by atoms with Gasteiger partial charge in [-0.05, 0) is 19.3 Å². The maximum Gasteiger partial charge on any atom is 0.0700 e. The van der Waals surface area contributed by atoms with Crippen molar-refractivity contribution in [3.63, 3.8) is 0 Å². The predicted octanol–water partition coefficient (Wildman–Crippen LogP) is 2.06. The van der Waals surface area contributed by atoms with Gasteiger partial charge in [-0.1, -0.05) is 13.0 Å². The van der Waals surface area contributed by atoms with Crippen molar-refractivity contribution in [1.82, 2.24) is 4.90 Å². The van der Waals surface area contributed by atoms with E-state index in [4.69, 9.17) is 4.74 Å². The summed E-state index contributed by atoms with van der Waals surface area (Å²) in [6.07, 6.45) is 5.43. The fourth-order valence-corrected chi connectivity index (χ4v) is 2.03. The van der Waals surface area contributed by atoms with Crippen molar-refractivity contribution < 1.29 is 4.74 Å². The van der Waals surface area contributed by atoms with Crippen molar-refractivity contribution in [3.8, 4) is 0 Å². The first kappa shape index (κ1) is 10.7. The highest BCUT2D eigenvalue weighted by atomic mass is 16.5. The molecule has 0 aromatic rings. The average molecular weight is 183 g/mol. The van der Waals surface area contributed by atoms with E-state index in [1.807, 2.05) is 13.2 Å². The van der Waals surface area contributed by atoms with E-state index in [2.05, 4.69) is 18.4 Å². The van der Waals surface area contributed by atoms with Gasteiger partial charge in [0.25, 0.3) is 0 Å². The molecule has 0 amide bonds. The van der Waals surface area contributed by atoms with Crippen LogP contribution in [0, 0.1) is 0 Å². The van der Waals surface area contributed by atoms with Gasteiger partial charge in [0.2, 0.25) is 0 Å². The van der Waals surface area contributed by atoms with Crippen molar-refractivity contribution in [1.29, 1.82) is 0 Å². The predicted molar refractivity (Wildman–Crippen MR) is 55.9 cm³/mol. The molecule has 0 saturated carbocycles. The zero-order chi connectivity index (χ0) is 9.73. The second kappa shape index (κ2) is 4.77. The number of rotatable bonds is 4. The van der Waals surface area contributed by atoms with Crippen LogP contribution >= 0.6 is 0 Å². The lowest BCUT2D eigenvalue weighted by Crippen LogP contribution is -2.45. The molecule has 1 aliphatic heterocycles. The molecule has 13 heavy (non-hydrogen) atoms. The molecule has 1 rings (SSSR count). The Labute approximate surface area is 81.6 Å². The Hall–Kier alpha value is -0.340. The summed E-state index contributed by atoms with van der Waals surface area (Å²) in [5, 5.41) is 0. The first-order valence-corrected chi connectivity index (χ1v) is 5.15. The summed E-state index contributed by atoms with van der Waals surface area (Å²) in [5.74, 6) is 0. The molecule has 0 N–H and O–H groups in total.